The molecule has 0 aromatic carbocycles. The molecule has 2 fully saturated rings. The fourth-order valence-corrected chi connectivity index (χ4v) is 3.58. The summed E-state index contributed by atoms with van der Waals surface area (Å²) in [6, 6.07) is 0. The maximum absolute atomic E-state index is 5.97. The van der Waals surface area contributed by atoms with Gasteiger partial charge in [0.15, 0.2) is 5.60 Å². The monoisotopic (exact) mass is 271 g/mol. The quantitative estimate of drug-likeness (QED) is 0.718. The Morgan fingerprint density at radius 2 is 2.20 bits per heavy atom. The number of aryl methyl sites for hydroxylation is 1. The van der Waals surface area contributed by atoms with E-state index in [0.717, 1.165) is 23.3 Å². The van der Waals surface area contributed by atoms with Crippen molar-refractivity contribution in [3.8, 4) is 0 Å². The summed E-state index contributed by atoms with van der Waals surface area (Å²) >= 11 is 3.55. The van der Waals surface area contributed by atoms with Crippen LogP contribution in [0.1, 0.15) is 12.6 Å². The topological polar surface area (TPSA) is 33.6 Å². The maximum Gasteiger partial charge on any atom is 0.154 e. The van der Waals surface area contributed by atoms with E-state index in [1.807, 2.05) is 17.9 Å². The molecule has 0 radical (unpaired) electrons. The number of likely N-dealkylation sites (tertiary alicyclic amines) is 1. The lowest BCUT2D eigenvalue weighted by molar-refractivity contribution is 0.155. The molecule has 1 aromatic rings. The Bertz CT molecular complexity index is 413. The number of likely N-dealkylation sites (N-methyl/N-ethyl adjacent to an activating group) is 1. The van der Waals surface area contributed by atoms with Gasteiger partial charge < -0.3 is 4.74 Å². The summed E-state index contributed by atoms with van der Waals surface area (Å²) in [6.45, 7) is 4.11. The number of ether oxygens (including phenoxy) is 1. The van der Waals surface area contributed by atoms with Gasteiger partial charge in [-0.1, -0.05) is 0 Å². The van der Waals surface area contributed by atoms with Crippen molar-refractivity contribution in [2.75, 3.05) is 20.1 Å². The fourth-order valence-electron chi connectivity index (χ4n) is 2.91. The summed E-state index contributed by atoms with van der Waals surface area (Å²) in [6.07, 6.45) is 1.84. The van der Waals surface area contributed by atoms with Crippen LogP contribution in [0, 0.1) is 0 Å². The molecule has 3 heterocycles. The molecule has 2 atom stereocenters. The summed E-state index contributed by atoms with van der Waals surface area (Å²) in [7, 11) is 4.10. The van der Waals surface area contributed by atoms with Crippen molar-refractivity contribution in [2.45, 2.75) is 18.1 Å². The van der Waals surface area contributed by atoms with Gasteiger partial charge in [0.05, 0.1) is 16.4 Å². The number of morpholine rings is 1. The molecule has 0 spiro atoms. The summed E-state index contributed by atoms with van der Waals surface area (Å²) in [5.41, 5.74) is 0.985. The van der Waals surface area contributed by atoms with Crippen LogP contribution in [0.4, 0.5) is 0 Å². The zero-order valence-corrected chi connectivity index (χ0v) is 10.7. The van der Waals surface area contributed by atoms with Gasteiger partial charge in [-0.15, -0.1) is 0 Å². The molecule has 0 amide bonds. The third-order valence-electron chi connectivity index (χ3n) is 3.55. The average molecular weight is 272 g/mol. The van der Waals surface area contributed by atoms with Crippen molar-refractivity contribution < 1.29 is 4.74 Å². The van der Waals surface area contributed by atoms with Crippen molar-refractivity contribution in [3.63, 3.8) is 0 Å². The van der Waals surface area contributed by atoms with Crippen LogP contribution in [0.25, 0.3) is 0 Å². The predicted octanol–water partition coefficient (Wildman–Crippen LogP) is 1.11. The minimum absolute atomic E-state index is 0.0297. The first-order chi connectivity index (χ1) is 6.98. The summed E-state index contributed by atoms with van der Waals surface area (Å²) < 4.78 is 8.93. The Morgan fingerprint density at radius 3 is 2.67 bits per heavy atom. The highest BCUT2D eigenvalue weighted by Gasteiger charge is 2.74. The molecular weight excluding hydrogens is 258 g/mol. The van der Waals surface area contributed by atoms with E-state index in [9.17, 15) is 0 Å². The maximum atomic E-state index is 5.97. The average Bonchev–Trinajstić information content (AvgIpc) is 2.42. The molecule has 0 unspecified atom stereocenters. The third kappa shape index (κ3) is 1.06. The van der Waals surface area contributed by atoms with E-state index in [-0.39, 0.29) is 11.2 Å². The highest BCUT2D eigenvalue weighted by atomic mass is 79.9. The smallest absolute Gasteiger partial charge is 0.154 e. The van der Waals surface area contributed by atoms with E-state index in [2.05, 4.69) is 39.9 Å². The first-order valence-electron chi connectivity index (χ1n) is 5.05. The minimum atomic E-state index is -0.147. The normalized spacial score (nSPS) is 39.5. The van der Waals surface area contributed by atoms with E-state index in [1.54, 1.807) is 0 Å². The Hall–Kier alpha value is -0.390. The number of halogens is 1. The van der Waals surface area contributed by atoms with Crippen LogP contribution < -0.4 is 0 Å². The Balaban J connectivity index is 2.10. The van der Waals surface area contributed by atoms with Gasteiger partial charge in [0.1, 0.15) is 5.60 Å². The van der Waals surface area contributed by atoms with E-state index < -0.39 is 0 Å². The van der Waals surface area contributed by atoms with E-state index >= 15 is 0 Å². The van der Waals surface area contributed by atoms with Gasteiger partial charge in [0.2, 0.25) is 0 Å². The third-order valence-corrected chi connectivity index (χ3v) is 4.13. The molecule has 0 bridgehead atoms. The first-order valence-corrected chi connectivity index (χ1v) is 5.84. The molecular formula is C10H14BrN3O. The van der Waals surface area contributed by atoms with Crippen LogP contribution in [-0.2, 0) is 17.4 Å². The highest BCUT2D eigenvalue weighted by molar-refractivity contribution is 9.10. The largest absolute Gasteiger partial charge is 0.353 e. The predicted molar refractivity (Wildman–Crippen MR) is 59.6 cm³/mol. The lowest BCUT2D eigenvalue weighted by Crippen LogP contribution is -2.25. The molecule has 3 rings (SSSR count). The molecule has 82 valence electrons. The molecule has 0 N–H and O–H groups in total. The summed E-state index contributed by atoms with van der Waals surface area (Å²) in [4.78, 5) is 2.31. The lowest BCUT2D eigenvalue weighted by atomic mass is 9.95. The van der Waals surface area contributed by atoms with E-state index in [0.29, 0.717) is 0 Å². The molecule has 2 saturated heterocycles. The molecule has 0 saturated carbocycles. The van der Waals surface area contributed by atoms with Crippen LogP contribution in [0.15, 0.2) is 10.7 Å². The van der Waals surface area contributed by atoms with Crippen molar-refractivity contribution in [3.05, 3.63) is 16.4 Å². The summed E-state index contributed by atoms with van der Waals surface area (Å²) in [5.74, 6) is 0. The van der Waals surface area contributed by atoms with E-state index in [4.69, 9.17) is 4.74 Å². The second-order valence-electron chi connectivity index (χ2n) is 4.80. The van der Waals surface area contributed by atoms with Crippen molar-refractivity contribution in [1.29, 1.82) is 0 Å². The standard InChI is InChI=1S/C10H14BrN3O/c1-9-5-13(2)6-10(9,15-9)8-7(11)4-12-14(8)3/h4H,5-6H2,1-3H3/t9-,10+/m1/s1. The lowest BCUT2D eigenvalue weighted by Gasteiger charge is -2.14. The molecule has 15 heavy (non-hydrogen) atoms. The van der Waals surface area contributed by atoms with Crippen molar-refractivity contribution in [2.24, 2.45) is 7.05 Å². The van der Waals surface area contributed by atoms with Crippen LogP contribution in [0.2, 0.25) is 0 Å². The van der Waals surface area contributed by atoms with Crippen LogP contribution in [-0.4, -0.2) is 40.4 Å². The molecule has 0 aliphatic carbocycles. The van der Waals surface area contributed by atoms with Gasteiger partial charge in [-0.3, -0.25) is 9.58 Å². The number of fused-ring (bicyclic) bond motifs is 1. The van der Waals surface area contributed by atoms with Gasteiger partial charge in [0.25, 0.3) is 0 Å². The fraction of sp³-hybridized carbons (Fsp3) is 0.700. The first kappa shape index (κ1) is 9.81. The number of aromatic nitrogens is 2. The van der Waals surface area contributed by atoms with Gasteiger partial charge in [-0.25, -0.2) is 0 Å². The van der Waals surface area contributed by atoms with E-state index in [1.165, 1.54) is 0 Å². The van der Waals surface area contributed by atoms with Gasteiger partial charge in [-0.05, 0) is 29.9 Å². The number of hydrogen-bond acceptors (Lipinski definition) is 3. The second kappa shape index (κ2) is 2.64. The molecule has 4 nitrogen and oxygen atoms in total. The second-order valence-corrected chi connectivity index (χ2v) is 5.65. The van der Waals surface area contributed by atoms with Gasteiger partial charge >= 0.3 is 0 Å². The Morgan fingerprint density at radius 1 is 1.47 bits per heavy atom. The number of hydrogen-bond donors (Lipinski definition) is 0. The minimum Gasteiger partial charge on any atom is -0.353 e. The van der Waals surface area contributed by atoms with Crippen molar-refractivity contribution in [1.82, 2.24) is 14.7 Å². The van der Waals surface area contributed by atoms with Crippen LogP contribution in [0.5, 0.6) is 0 Å². The van der Waals surface area contributed by atoms with Crippen molar-refractivity contribution >= 4 is 15.9 Å². The molecule has 5 heteroatoms. The Kier molecular flexibility index (Phi) is 1.73. The van der Waals surface area contributed by atoms with Gasteiger partial charge in [0, 0.05) is 20.1 Å². The molecule has 2 aliphatic rings. The molecule has 1 aromatic heterocycles. The Labute approximate surface area is 97.3 Å². The number of rotatable bonds is 1. The number of epoxide rings is 1. The highest BCUT2D eigenvalue weighted by Crippen LogP contribution is 2.60. The summed E-state index contributed by atoms with van der Waals surface area (Å²) in [5, 5.41) is 4.26. The molecule has 2 aliphatic heterocycles. The van der Waals surface area contributed by atoms with Crippen LogP contribution >= 0.6 is 15.9 Å². The van der Waals surface area contributed by atoms with Crippen LogP contribution in [0.3, 0.4) is 0 Å². The number of nitrogens with zero attached hydrogens (tertiary/aromatic N) is 3. The zero-order valence-electron chi connectivity index (χ0n) is 9.12. The van der Waals surface area contributed by atoms with Gasteiger partial charge in [-0.2, -0.15) is 5.10 Å². The SMILES string of the molecule is CN1C[C@@]2(C)O[C@]2(c2c(Br)cnn2C)C1. The zero-order chi connectivity index (χ0) is 10.8.